The first-order chi connectivity index (χ1) is 17.8. The van der Waals surface area contributed by atoms with Crippen molar-refractivity contribution in [3.63, 3.8) is 0 Å². The lowest BCUT2D eigenvalue weighted by Crippen LogP contribution is -2.04. The molecule has 0 aromatic heterocycles. The van der Waals surface area contributed by atoms with Crippen molar-refractivity contribution >= 4 is 5.97 Å². The molecular weight excluding hydrogens is 452 g/mol. The third kappa shape index (κ3) is 27.3. The van der Waals surface area contributed by atoms with Gasteiger partial charge in [0, 0.05) is 6.42 Å². The van der Waals surface area contributed by atoms with Crippen molar-refractivity contribution in [2.75, 3.05) is 6.61 Å². The molecule has 0 atom stereocenters. The zero-order valence-electron chi connectivity index (χ0n) is 25.8. The Kier molecular flexibility index (Phi) is 24.9. The van der Waals surface area contributed by atoms with E-state index in [0.29, 0.717) is 13.0 Å². The zero-order chi connectivity index (χ0) is 27.6. The van der Waals surface area contributed by atoms with Crippen molar-refractivity contribution < 1.29 is 9.53 Å². The summed E-state index contributed by atoms with van der Waals surface area (Å²) in [7, 11) is 0. The molecule has 0 aromatic carbocycles. The molecule has 0 radical (unpaired) electrons. The van der Waals surface area contributed by atoms with E-state index in [4.69, 9.17) is 4.74 Å². The second kappa shape index (κ2) is 26.1. The number of hydrogen-bond donors (Lipinski definition) is 0. The van der Waals surface area contributed by atoms with Gasteiger partial charge in [-0.1, -0.05) is 118 Å². The molecule has 0 aliphatic heterocycles. The normalized spacial score (nSPS) is 12.6. The molecule has 0 spiro atoms. The van der Waals surface area contributed by atoms with Crippen molar-refractivity contribution in [1.82, 2.24) is 0 Å². The molecule has 0 amide bonds. The number of esters is 1. The molecule has 0 heterocycles. The summed E-state index contributed by atoms with van der Waals surface area (Å²) < 4.78 is 5.42. The van der Waals surface area contributed by atoms with E-state index in [-0.39, 0.29) is 5.97 Å². The van der Waals surface area contributed by atoms with E-state index in [2.05, 4.69) is 65.8 Å². The minimum absolute atomic E-state index is 0.0453. The quantitative estimate of drug-likeness (QED) is 0.0727. The van der Waals surface area contributed by atoms with Gasteiger partial charge in [-0.2, -0.15) is 0 Å². The lowest BCUT2D eigenvalue weighted by atomic mass is 10.0. The van der Waals surface area contributed by atoms with E-state index in [1.165, 1.54) is 92.9 Å². The fraction of sp³-hybridized carbons (Fsp3) is 0.743. The molecular formula is C35H62O2. The first kappa shape index (κ1) is 35.4. The predicted octanol–water partition coefficient (Wildman–Crippen LogP) is 11.8. The minimum Gasteiger partial charge on any atom is -0.461 e. The number of carbonyl (C=O) groups is 1. The van der Waals surface area contributed by atoms with Gasteiger partial charge in [-0.3, -0.25) is 4.79 Å². The Hall–Kier alpha value is -1.57. The zero-order valence-corrected chi connectivity index (χ0v) is 25.8. The third-order valence-corrected chi connectivity index (χ3v) is 7.06. The summed E-state index contributed by atoms with van der Waals surface area (Å²) in [5, 5.41) is 0. The molecule has 0 fully saturated rings. The monoisotopic (exact) mass is 514 g/mol. The van der Waals surface area contributed by atoms with Crippen LogP contribution >= 0.6 is 0 Å². The summed E-state index contributed by atoms with van der Waals surface area (Å²) in [5.74, 6) is -0.0453. The highest BCUT2D eigenvalue weighted by Gasteiger charge is 2.02. The molecule has 214 valence electrons. The van der Waals surface area contributed by atoms with Crippen LogP contribution in [-0.4, -0.2) is 12.6 Å². The highest BCUT2D eigenvalue weighted by atomic mass is 16.5. The molecule has 0 saturated heterocycles. The van der Waals surface area contributed by atoms with Crippen molar-refractivity contribution in [3.8, 4) is 0 Å². The second-order valence-electron chi connectivity index (χ2n) is 11.4. The maximum absolute atomic E-state index is 12.0. The van der Waals surface area contributed by atoms with Gasteiger partial charge in [0.15, 0.2) is 0 Å². The number of allylic oxidation sites excluding steroid dienone is 7. The van der Waals surface area contributed by atoms with E-state index < -0.39 is 0 Å². The highest BCUT2D eigenvalue weighted by molar-refractivity contribution is 5.69. The van der Waals surface area contributed by atoms with E-state index in [0.717, 1.165) is 44.9 Å². The predicted molar refractivity (Wildman–Crippen MR) is 165 cm³/mol. The molecule has 0 saturated carbocycles. The van der Waals surface area contributed by atoms with Gasteiger partial charge < -0.3 is 4.74 Å². The Morgan fingerprint density at radius 2 is 0.919 bits per heavy atom. The van der Waals surface area contributed by atoms with Gasteiger partial charge in [0.25, 0.3) is 0 Å². The topological polar surface area (TPSA) is 26.3 Å². The van der Waals surface area contributed by atoms with Crippen LogP contribution in [0.1, 0.15) is 164 Å². The molecule has 0 bridgehead atoms. The Balaban J connectivity index is 3.74. The van der Waals surface area contributed by atoms with Crippen molar-refractivity contribution in [2.24, 2.45) is 0 Å². The van der Waals surface area contributed by atoms with Crippen LogP contribution in [0.3, 0.4) is 0 Å². The molecule has 0 unspecified atom stereocenters. The number of ether oxygens (including phenoxy) is 1. The van der Waals surface area contributed by atoms with Crippen molar-refractivity contribution in [2.45, 2.75) is 164 Å². The molecule has 0 aromatic rings. The van der Waals surface area contributed by atoms with Gasteiger partial charge in [0.1, 0.15) is 6.61 Å². The number of unbranched alkanes of at least 4 members (excludes halogenated alkanes) is 11. The summed E-state index contributed by atoms with van der Waals surface area (Å²) in [6.07, 6.45) is 32.2. The fourth-order valence-corrected chi connectivity index (χ4v) is 4.45. The van der Waals surface area contributed by atoms with E-state index in [1.54, 1.807) is 0 Å². The smallest absolute Gasteiger partial charge is 0.306 e. The number of rotatable bonds is 24. The molecule has 0 N–H and O–H groups in total. The largest absolute Gasteiger partial charge is 0.461 e. The van der Waals surface area contributed by atoms with Gasteiger partial charge in [0.2, 0.25) is 0 Å². The highest BCUT2D eigenvalue weighted by Crippen LogP contribution is 2.14. The van der Waals surface area contributed by atoms with Crippen LogP contribution in [0, 0.1) is 0 Å². The Labute approximate surface area is 232 Å². The molecule has 37 heavy (non-hydrogen) atoms. The van der Waals surface area contributed by atoms with Crippen LogP contribution in [0.2, 0.25) is 0 Å². The molecule has 2 nitrogen and oxygen atoms in total. The van der Waals surface area contributed by atoms with Gasteiger partial charge in [0.05, 0.1) is 0 Å². The summed E-state index contributed by atoms with van der Waals surface area (Å²) >= 11 is 0. The van der Waals surface area contributed by atoms with Crippen LogP contribution in [-0.2, 0) is 9.53 Å². The van der Waals surface area contributed by atoms with Gasteiger partial charge in [-0.05, 0) is 85.6 Å². The first-order valence-corrected chi connectivity index (χ1v) is 15.6. The average molecular weight is 515 g/mol. The Morgan fingerprint density at radius 1 is 0.514 bits per heavy atom. The lowest BCUT2D eigenvalue weighted by Gasteiger charge is -2.05. The van der Waals surface area contributed by atoms with Gasteiger partial charge in [-0.15, -0.1) is 0 Å². The molecule has 0 aliphatic rings. The average Bonchev–Trinajstić information content (AvgIpc) is 2.84. The summed E-state index contributed by atoms with van der Waals surface area (Å²) in [6, 6.07) is 0. The summed E-state index contributed by atoms with van der Waals surface area (Å²) in [6.45, 7) is 13.6. The third-order valence-electron chi connectivity index (χ3n) is 7.06. The van der Waals surface area contributed by atoms with Gasteiger partial charge in [-0.25, -0.2) is 0 Å². The van der Waals surface area contributed by atoms with Gasteiger partial charge >= 0.3 is 5.97 Å². The van der Waals surface area contributed by atoms with E-state index in [9.17, 15) is 4.79 Å². The molecule has 0 aliphatic carbocycles. The molecule has 2 heteroatoms. The van der Waals surface area contributed by atoms with E-state index >= 15 is 0 Å². The van der Waals surface area contributed by atoms with Crippen molar-refractivity contribution in [3.05, 3.63) is 46.6 Å². The minimum atomic E-state index is -0.0453. The Bertz CT molecular complexity index is 673. The Morgan fingerprint density at radius 3 is 1.38 bits per heavy atom. The van der Waals surface area contributed by atoms with E-state index in [1.807, 2.05) is 0 Å². The van der Waals surface area contributed by atoms with Crippen LogP contribution in [0.5, 0.6) is 0 Å². The second-order valence-corrected chi connectivity index (χ2v) is 11.4. The molecule has 0 rings (SSSR count). The maximum atomic E-state index is 12.0. The summed E-state index contributed by atoms with van der Waals surface area (Å²) in [4.78, 5) is 12.0. The maximum Gasteiger partial charge on any atom is 0.306 e. The van der Waals surface area contributed by atoms with Crippen LogP contribution < -0.4 is 0 Å². The first-order valence-electron chi connectivity index (χ1n) is 15.6. The summed E-state index contributed by atoms with van der Waals surface area (Å²) in [5.41, 5.74) is 5.67. The van der Waals surface area contributed by atoms with Crippen molar-refractivity contribution in [1.29, 1.82) is 0 Å². The lowest BCUT2D eigenvalue weighted by molar-refractivity contribution is -0.142. The SMILES string of the molecule is CCCCCCCCCCCCCCC(=O)OCC=C(C)CCC=C(C)CCC=C(C)CCC=C(C)C. The van der Waals surface area contributed by atoms with Crippen LogP contribution in [0.25, 0.3) is 0 Å². The van der Waals surface area contributed by atoms with Crippen LogP contribution in [0.15, 0.2) is 46.6 Å². The number of hydrogen-bond acceptors (Lipinski definition) is 2. The fourth-order valence-electron chi connectivity index (χ4n) is 4.45. The van der Waals surface area contributed by atoms with Crippen LogP contribution in [0.4, 0.5) is 0 Å². The standard InChI is InChI=1S/C35H62O2/c1-7-8-9-10-11-12-13-14-15-16-17-18-28-35(36)37-30-29-34(6)27-21-26-33(5)25-20-24-32(4)23-19-22-31(2)3/h22,24,26,29H,7-21,23,25,27-28,30H2,1-6H3. The number of carbonyl (C=O) groups excluding carboxylic acids is 1.